The lowest BCUT2D eigenvalue weighted by Crippen LogP contribution is -2.42. The van der Waals surface area contributed by atoms with Crippen molar-refractivity contribution in [3.8, 4) is 0 Å². The smallest absolute Gasteiger partial charge is 0.240 e. The van der Waals surface area contributed by atoms with E-state index in [-0.39, 0.29) is 11.9 Å². The molecule has 2 aromatic rings. The number of amides is 1. The number of nitrogens with one attached hydrogen (secondary N) is 1. The van der Waals surface area contributed by atoms with Crippen LogP contribution in [0.3, 0.4) is 0 Å². The molecule has 4 nitrogen and oxygen atoms in total. The second kappa shape index (κ2) is 7.40. The van der Waals surface area contributed by atoms with E-state index in [0.29, 0.717) is 26.1 Å². The highest BCUT2D eigenvalue weighted by atomic mass is 16.3. The SMILES string of the molecule is O=C([C@@H]1CC(O)CN1)N(Cc1ccccc1)Cc1ccccc1. The minimum absolute atomic E-state index is 0.0502. The Morgan fingerprint density at radius 2 is 1.52 bits per heavy atom. The average molecular weight is 310 g/mol. The molecule has 2 N–H and O–H groups in total. The lowest BCUT2D eigenvalue weighted by molar-refractivity contribution is -0.134. The summed E-state index contributed by atoms with van der Waals surface area (Å²) in [7, 11) is 0. The van der Waals surface area contributed by atoms with E-state index in [1.807, 2.05) is 65.6 Å². The first-order valence-corrected chi connectivity index (χ1v) is 8.00. The highest BCUT2D eigenvalue weighted by molar-refractivity contribution is 5.82. The molecule has 0 spiro atoms. The number of β-amino-alcohol motifs (C(OH)–C–C–N with tert-alkyl or cyclic N) is 1. The van der Waals surface area contributed by atoms with Crippen molar-refractivity contribution in [2.45, 2.75) is 31.7 Å². The Labute approximate surface area is 136 Å². The van der Waals surface area contributed by atoms with E-state index in [9.17, 15) is 9.90 Å². The first-order valence-electron chi connectivity index (χ1n) is 8.00. The molecular formula is C19H22N2O2. The molecule has 1 aliphatic heterocycles. The number of rotatable bonds is 5. The summed E-state index contributed by atoms with van der Waals surface area (Å²) in [5.74, 6) is 0.0502. The van der Waals surface area contributed by atoms with Crippen LogP contribution in [0.25, 0.3) is 0 Å². The van der Waals surface area contributed by atoms with Gasteiger partial charge in [0, 0.05) is 19.6 Å². The van der Waals surface area contributed by atoms with Crippen LogP contribution >= 0.6 is 0 Å². The molecule has 1 unspecified atom stereocenters. The number of benzene rings is 2. The van der Waals surface area contributed by atoms with Crippen LogP contribution in [-0.2, 0) is 17.9 Å². The van der Waals surface area contributed by atoms with E-state index >= 15 is 0 Å². The molecule has 23 heavy (non-hydrogen) atoms. The van der Waals surface area contributed by atoms with Crippen LogP contribution in [0, 0.1) is 0 Å². The summed E-state index contributed by atoms with van der Waals surface area (Å²) < 4.78 is 0. The fourth-order valence-electron chi connectivity index (χ4n) is 2.94. The zero-order valence-electron chi connectivity index (χ0n) is 13.1. The van der Waals surface area contributed by atoms with E-state index in [1.54, 1.807) is 0 Å². The van der Waals surface area contributed by atoms with E-state index in [0.717, 1.165) is 11.1 Å². The van der Waals surface area contributed by atoms with Crippen molar-refractivity contribution < 1.29 is 9.90 Å². The molecule has 120 valence electrons. The molecular weight excluding hydrogens is 288 g/mol. The Morgan fingerprint density at radius 3 is 1.96 bits per heavy atom. The molecule has 0 radical (unpaired) electrons. The predicted octanol–water partition coefficient (Wildman–Crippen LogP) is 1.94. The van der Waals surface area contributed by atoms with E-state index in [4.69, 9.17) is 0 Å². The second-order valence-corrected chi connectivity index (χ2v) is 6.02. The molecule has 3 rings (SSSR count). The second-order valence-electron chi connectivity index (χ2n) is 6.02. The van der Waals surface area contributed by atoms with E-state index in [2.05, 4.69) is 5.32 Å². The molecule has 0 bridgehead atoms. The third kappa shape index (κ3) is 4.18. The zero-order valence-corrected chi connectivity index (χ0v) is 13.1. The Kier molecular flexibility index (Phi) is 5.05. The maximum absolute atomic E-state index is 12.9. The standard InChI is InChI=1S/C19H22N2O2/c22-17-11-18(20-12-17)19(23)21(13-15-7-3-1-4-8-15)14-16-9-5-2-6-10-16/h1-10,17-18,20,22H,11-14H2/t17?,18-/m0/s1. The molecule has 4 heteroatoms. The van der Waals surface area contributed by atoms with Crippen LogP contribution in [0.4, 0.5) is 0 Å². The fourth-order valence-corrected chi connectivity index (χ4v) is 2.94. The highest BCUT2D eigenvalue weighted by Crippen LogP contribution is 2.15. The number of carbonyl (C=O) groups is 1. The molecule has 2 atom stereocenters. The molecule has 0 aliphatic carbocycles. The third-order valence-corrected chi connectivity index (χ3v) is 4.15. The molecule has 1 heterocycles. The van der Waals surface area contributed by atoms with Crippen molar-refractivity contribution in [1.29, 1.82) is 0 Å². The highest BCUT2D eigenvalue weighted by Gasteiger charge is 2.31. The summed E-state index contributed by atoms with van der Waals surface area (Å²) in [6.07, 6.45) is 0.0538. The van der Waals surface area contributed by atoms with Crippen LogP contribution in [0.2, 0.25) is 0 Å². The van der Waals surface area contributed by atoms with Gasteiger partial charge < -0.3 is 15.3 Å². The lowest BCUT2D eigenvalue weighted by atomic mass is 10.1. The predicted molar refractivity (Wildman–Crippen MR) is 89.6 cm³/mol. The van der Waals surface area contributed by atoms with Gasteiger partial charge in [0.25, 0.3) is 0 Å². The number of hydrogen-bond donors (Lipinski definition) is 2. The summed E-state index contributed by atoms with van der Waals surface area (Å²) in [6, 6.07) is 19.7. The molecule has 2 aromatic carbocycles. The van der Waals surface area contributed by atoms with Crippen LogP contribution < -0.4 is 5.32 Å². The van der Waals surface area contributed by atoms with Gasteiger partial charge in [0.05, 0.1) is 12.1 Å². The van der Waals surface area contributed by atoms with Crippen LogP contribution in [0.15, 0.2) is 60.7 Å². The minimum atomic E-state index is -0.431. The fraction of sp³-hybridized carbons (Fsp3) is 0.316. The Balaban J connectivity index is 1.76. The third-order valence-electron chi connectivity index (χ3n) is 4.15. The van der Waals surface area contributed by atoms with Crippen molar-refractivity contribution in [3.05, 3.63) is 71.8 Å². The number of aliphatic hydroxyl groups excluding tert-OH is 1. The number of nitrogens with zero attached hydrogens (tertiary/aromatic N) is 1. The largest absolute Gasteiger partial charge is 0.392 e. The van der Waals surface area contributed by atoms with E-state index in [1.165, 1.54) is 0 Å². The van der Waals surface area contributed by atoms with Gasteiger partial charge in [-0.15, -0.1) is 0 Å². The van der Waals surface area contributed by atoms with Gasteiger partial charge in [0.1, 0.15) is 0 Å². The molecule has 0 aromatic heterocycles. The molecule has 1 amide bonds. The molecule has 1 aliphatic rings. The Hall–Kier alpha value is -2.17. The maximum Gasteiger partial charge on any atom is 0.240 e. The van der Waals surface area contributed by atoms with Crippen molar-refractivity contribution in [2.75, 3.05) is 6.54 Å². The Bertz CT molecular complexity index is 589. The summed E-state index contributed by atoms with van der Waals surface area (Å²) in [6.45, 7) is 1.63. The van der Waals surface area contributed by atoms with Gasteiger partial charge in [0.15, 0.2) is 0 Å². The number of aliphatic hydroxyl groups is 1. The minimum Gasteiger partial charge on any atom is -0.392 e. The quantitative estimate of drug-likeness (QED) is 0.887. The monoisotopic (exact) mass is 310 g/mol. The van der Waals surface area contributed by atoms with Crippen LogP contribution in [0.5, 0.6) is 0 Å². The van der Waals surface area contributed by atoms with Gasteiger partial charge in [-0.25, -0.2) is 0 Å². The van der Waals surface area contributed by atoms with Crippen molar-refractivity contribution in [1.82, 2.24) is 10.2 Å². The van der Waals surface area contributed by atoms with Crippen molar-refractivity contribution >= 4 is 5.91 Å². The van der Waals surface area contributed by atoms with Gasteiger partial charge in [-0.1, -0.05) is 60.7 Å². The zero-order chi connectivity index (χ0) is 16.1. The molecule has 1 fully saturated rings. The Morgan fingerprint density at radius 1 is 1.00 bits per heavy atom. The van der Waals surface area contributed by atoms with E-state index < -0.39 is 6.10 Å². The summed E-state index contributed by atoms with van der Waals surface area (Å²) in [5, 5.41) is 12.8. The van der Waals surface area contributed by atoms with Gasteiger partial charge in [-0.2, -0.15) is 0 Å². The van der Waals surface area contributed by atoms with Crippen molar-refractivity contribution in [2.24, 2.45) is 0 Å². The first kappa shape index (κ1) is 15.7. The average Bonchev–Trinajstić information content (AvgIpc) is 3.02. The van der Waals surface area contributed by atoms with Gasteiger partial charge in [-0.05, 0) is 17.5 Å². The normalized spacial score (nSPS) is 20.4. The topological polar surface area (TPSA) is 52.6 Å². The van der Waals surface area contributed by atoms with Crippen LogP contribution in [0.1, 0.15) is 17.5 Å². The molecule has 0 saturated carbocycles. The van der Waals surface area contributed by atoms with Gasteiger partial charge >= 0.3 is 0 Å². The molecule has 1 saturated heterocycles. The van der Waals surface area contributed by atoms with Gasteiger partial charge in [-0.3, -0.25) is 4.79 Å². The van der Waals surface area contributed by atoms with Crippen LogP contribution in [-0.4, -0.2) is 34.6 Å². The lowest BCUT2D eigenvalue weighted by Gasteiger charge is -2.26. The number of carbonyl (C=O) groups excluding carboxylic acids is 1. The summed E-state index contributed by atoms with van der Waals surface area (Å²) >= 11 is 0. The maximum atomic E-state index is 12.9. The first-order chi connectivity index (χ1) is 11.2. The summed E-state index contributed by atoms with van der Waals surface area (Å²) in [4.78, 5) is 14.7. The summed E-state index contributed by atoms with van der Waals surface area (Å²) in [5.41, 5.74) is 2.21. The van der Waals surface area contributed by atoms with Crippen molar-refractivity contribution in [3.63, 3.8) is 0 Å². The number of hydrogen-bond acceptors (Lipinski definition) is 3. The van der Waals surface area contributed by atoms with Gasteiger partial charge in [0.2, 0.25) is 5.91 Å².